The maximum Gasteiger partial charge on any atom is 0.240 e. The minimum Gasteiger partial charge on any atom is -0.370 e. The monoisotopic (exact) mass is 261 g/mol. The molecule has 1 unspecified atom stereocenters. The molecule has 1 atom stereocenters. The number of nitrogens with two attached hydrogens (primary N) is 2. The van der Waals surface area contributed by atoms with E-state index in [-0.39, 0.29) is 18.4 Å². The van der Waals surface area contributed by atoms with E-state index >= 15 is 0 Å². The van der Waals surface area contributed by atoms with Crippen molar-refractivity contribution in [3.8, 4) is 0 Å². The van der Waals surface area contributed by atoms with Crippen LogP contribution in [0, 0.1) is 0 Å². The molecule has 2 amide bonds. The number of rotatable bonds is 6. The van der Waals surface area contributed by atoms with Crippen molar-refractivity contribution >= 4 is 11.8 Å². The Kier molecular flexibility index (Phi) is 4.16. The fraction of sp³-hybridized carbons (Fsp3) is 0.429. The van der Waals surface area contributed by atoms with E-state index in [2.05, 4.69) is 0 Å². The fourth-order valence-corrected chi connectivity index (χ4v) is 2.07. The van der Waals surface area contributed by atoms with Crippen molar-refractivity contribution in [3.63, 3.8) is 0 Å². The summed E-state index contributed by atoms with van der Waals surface area (Å²) in [5.41, 5.74) is 11.9. The Balaban J connectivity index is 2.03. The molecule has 0 radical (unpaired) electrons. The number of nitrogens with zero attached hydrogens (tertiary/aromatic N) is 1. The molecule has 0 aliphatic heterocycles. The lowest BCUT2D eigenvalue weighted by Crippen LogP contribution is -2.46. The fourth-order valence-electron chi connectivity index (χ4n) is 2.07. The Labute approximate surface area is 112 Å². The number of carbonyl (C=O) groups is 2. The molecule has 1 fully saturated rings. The minimum absolute atomic E-state index is 0.100. The third-order valence-corrected chi connectivity index (χ3v) is 3.20. The van der Waals surface area contributed by atoms with Crippen LogP contribution in [-0.4, -0.2) is 28.8 Å². The highest BCUT2D eigenvalue weighted by Crippen LogP contribution is 2.29. The van der Waals surface area contributed by atoms with Crippen molar-refractivity contribution < 1.29 is 9.59 Å². The van der Waals surface area contributed by atoms with Gasteiger partial charge in [0, 0.05) is 12.6 Å². The molecule has 4 N–H and O–H groups in total. The zero-order chi connectivity index (χ0) is 13.8. The van der Waals surface area contributed by atoms with E-state index in [1.54, 1.807) is 4.90 Å². The maximum absolute atomic E-state index is 12.3. The number of carbonyl (C=O) groups excluding carboxylic acids is 2. The van der Waals surface area contributed by atoms with Gasteiger partial charge in [0.1, 0.15) is 0 Å². The molecule has 1 aromatic rings. The van der Waals surface area contributed by atoms with Gasteiger partial charge >= 0.3 is 0 Å². The van der Waals surface area contributed by atoms with Crippen molar-refractivity contribution in [2.75, 3.05) is 0 Å². The van der Waals surface area contributed by atoms with Crippen LogP contribution in [0.5, 0.6) is 0 Å². The van der Waals surface area contributed by atoms with Gasteiger partial charge in [-0.1, -0.05) is 30.3 Å². The van der Waals surface area contributed by atoms with Gasteiger partial charge in [0.15, 0.2) is 0 Å². The van der Waals surface area contributed by atoms with E-state index in [1.165, 1.54) is 0 Å². The lowest BCUT2D eigenvalue weighted by atomic mass is 10.1. The molecule has 0 saturated heterocycles. The van der Waals surface area contributed by atoms with Crippen LogP contribution in [0.15, 0.2) is 30.3 Å². The second kappa shape index (κ2) is 5.84. The average Bonchev–Trinajstić information content (AvgIpc) is 3.20. The van der Waals surface area contributed by atoms with Crippen LogP contribution in [0.25, 0.3) is 0 Å². The molecule has 5 nitrogen and oxygen atoms in total. The Hall–Kier alpha value is -1.88. The third kappa shape index (κ3) is 3.79. The molecule has 102 valence electrons. The summed E-state index contributed by atoms with van der Waals surface area (Å²) in [6.07, 6.45) is 1.90. The first-order chi connectivity index (χ1) is 9.08. The van der Waals surface area contributed by atoms with Crippen molar-refractivity contribution in [1.29, 1.82) is 0 Å². The molecular formula is C14H19N3O2. The number of hydrogen-bond donors (Lipinski definition) is 2. The summed E-state index contributed by atoms with van der Waals surface area (Å²) < 4.78 is 0. The third-order valence-electron chi connectivity index (χ3n) is 3.20. The van der Waals surface area contributed by atoms with Crippen LogP contribution in [0.4, 0.5) is 0 Å². The molecule has 2 rings (SSSR count). The summed E-state index contributed by atoms with van der Waals surface area (Å²) in [6, 6.07) is 9.19. The van der Waals surface area contributed by atoms with E-state index in [0.29, 0.717) is 6.54 Å². The molecule has 1 saturated carbocycles. The quantitative estimate of drug-likeness (QED) is 0.775. The van der Waals surface area contributed by atoms with E-state index in [9.17, 15) is 9.59 Å². The predicted octanol–water partition coefficient (Wildman–Crippen LogP) is 0.380. The molecule has 0 aromatic heterocycles. The van der Waals surface area contributed by atoms with Crippen molar-refractivity contribution in [3.05, 3.63) is 35.9 Å². The summed E-state index contributed by atoms with van der Waals surface area (Å²) in [7, 11) is 0. The molecule has 1 aliphatic carbocycles. The van der Waals surface area contributed by atoms with Crippen molar-refractivity contribution in [2.24, 2.45) is 11.5 Å². The second-order valence-electron chi connectivity index (χ2n) is 4.96. The van der Waals surface area contributed by atoms with Crippen LogP contribution in [0.2, 0.25) is 0 Å². The standard InChI is InChI=1S/C14H19N3O2/c15-12(8-13(16)18)14(19)17(11-6-7-11)9-10-4-2-1-3-5-10/h1-5,11-12H,6-9,15H2,(H2,16,18). The summed E-state index contributed by atoms with van der Waals surface area (Å²) in [5, 5.41) is 0. The topological polar surface area (TPSA) is 89.4 Å². The van der Waals surface area contributed by atoms with Gasteiger partial charge in [0.25, 0.3) is 0 Å². The number of amides is 2. The summed E-state index contributed by atoms with van der Waals surface area (Å²) >= 11 is 0. The van der Waals surface area contributed by atoms with Crippen molar-refractivity contribution in [2.45, 2.75) is 37.9 Å². The van der Waals surface area contributed by atoms with E-state index in [1.807, 2.05) is 30.3 Å². The van der Waals surface area contributed by atoms with E-state index in [0.717, 1.165) is 18.4 Å². The van der Waals surface area contributed by atoms with Gasteiger partial charge in [-0.05, 0) is 18.4 Å². The number of hydrogen-bond acceptors (Lipinski definition) is 3. The highest BCUT2D eigenvalue weighted by atomic mass is 16.2. The van der Waals surface area contributed by atoms with Crippen LogP contribution >= 0.6 is 0 Å². The largest absolute Gasteiger partial charge is 0.370 e. The molecule has 0 spiro atoms. The molecule has 0 heterocycles. The van der Waals surface area contributed by atoms with Crippen LogP contribution in [0.3, 0.4) is 0 Å². The lowest BCUT2D eigenvalue weighted by molar-refractivity contribution is -0.135. The molecular weight excluding hydrogens is 242 g/mol. The van der Waals surface area contributed by atoms with Gasteiger partial charge in [0.2, 0.25) is 11.8 Å². The first-order valence-corrected chi connectivity index (χ1v) is 6.46. The van der Waals surface area contributed by atoms with Gasteiger partial charge in [-0.25, -0.2) is 0 Å². The van der Waals surface area contributed by atoms with E-state index < -0.39 is 11.9 Å². The number of primary amides is 1. The molecule has 19 heavy (non-hydrogen) atoms. The van der Waals surface area contributed by atoms with Crippen LogP contribution < -0.4 is 11.5 Å². The van der Waals surface area contributed by atoms with Crippen LogP contribution in [-0.2, 0) is 16.1 Å². The molecule has 1 aromatic carbocycles. The minimum atomic E-state index is -0.832. The smallest absolute Gasteiger partial charge is 0.240 e. The first-order valence-electron chi connectivity index (χ1n) is 6.46. The Morgan fingerprint density at radius 3 is 2.42 bits per heavy atom. The normalized spacial score (nSPS) is 15.8. The first kappa shape index (κ1) is 13.5. The number of benzene rings is 1. The summed E-state index contributed by atoms with van der Waals surface area (Å²) in [4.78, 5) is 24.9. The Bertz CT molecular complexity index is 457. The average molecular weight is 261 g/mol. The van der Waals surface area contributed by atoms with Gasteiger partial charge in [-0.15, -0.1) is 0 Å². The van der Waals surface area contributed by atoms with Crippen molar-refractivity contribution in [1.82, 2.24) is 4.90 Å². The van der Waals surface area contributed by atoms with E-state index in [4.69, 9.17) is 11.5 Å². The highest BCUT2D eigenvalue weighted by Gasteiger charge is 2.35. The summed E-state index contributed by atoms with van der Waals surface area (Å²) in [5.74, 6) is -0.735. The van der Waals surface area contributed by atoms with Gasteiger partial charge in [-0.3, -0.25) is 9.59 Å². The van der Waals surface area contributed by atoms with Crippen LogP contribution in [0.1, 0.15) is 24.8 Å². The lowest BCUT2D eigenvalue weighted by Gasteiger charge is -2.25. The van der Waals surface area contributed by atoms with Gasteiger partial charge in [0.05, 0.1) is 12.5 Å². The zero-order valence-corrected chi connectivity index (χ0v) is 10.8. The Morgan fingerprint density at radius 1 is 1.26 bits per heavy atom. The molecule has 0 bridgehead atoms. The molecule has 1 aliphatic rings. The zero-order valence-electron chi connectivity index (χ0n) is 10.8. The Morgan fingerprint density at radius 2 is 1.89 bits per heavy atom. The van der Waals surface area contributed by atoms with Gasteiger partial charge in [-0.2, -0.15) is 0 Å². The second-order valence-corrected chi connectivity index (χ2v) is 4.96. The predicted molar refractivity (Wildman–Crippen MR) is 71.8 cm³/mol. The highest BCUT2D eigenvalue weighted by molar-refractivity contribution is 5.87. The maximum atomic E-state index is 12.3. The SMILES string of the molecule is NC(=O)CC(N)C(=O)N(Cc1ccccc1)C1CC1. The van der Waals surface area contributed by atoms with Gasteiger partial charge < -0.3 is 16.4 Å². The molecule has 5 heteroatoms. The summed E-state index contributed by atoms with van der Waals surface area (Å²) in [6.45, 7) is 0.538.